The minimum atomic E-state index is -3.58. The van der Waals surface area contributed by atoms with Gasteiger partial charge in [0.2, 0.25) is 10.0 Å². The van der Waals surface area contributed by atoms with Crippen LogP contribution in [0.3, 0.4) is 0 Å². The van der Waals surface area contributed by atoms with E-state index in [-0.39, 0.29) is 29.3 Å². The number of rotatable bonds is 4. The van der Waals surface area contributed by atoms with E-state index in [1.165, 1.54) is 6.07 Å². The second kappa shape index (κ2) is 9.57. The molecule has 6 nitrogen and oxygen atoms in total. The van der Waals surface area contributed by atoms with Crippen LogP contribution in [0.2, 0.25) is 0 Å². The number of piperidine rings is 2. The molecule has 8 heteroatoms. The summed E-state index contributed by atoms with van der Waals surface area (Å²) in [7, 11) is -3.58. The summed E-state index contributed by atoms with van der Waals surface area (Å²) in [6, 6.07) is 6.93. The molecular weight excluding hydrogens is 398 g/mol. The quantitative estimate of drug-likeness (QED) is 0.771. The van der Waals surface area contributed by atoms with Gasteiger partial charge in [0.15, 0.2) is 0 Å². The van der Waals surface area contributed by atoms with Crippen LogP contribution < -0.4 is 10.6 Å². The predicted octanol–water partition coefficient (Wildman–Crippen LogP) is 2.65. The van der Waals surface area contributed by atoms with Crippen molar-refractivity contribution in [2.75, 3.05) is 19.6 Å². The van der Waals surface area contributed by atoms with Crippen LogP contribution in [-0.4, -0.2) is 50.3 Å². The number of hydrogen-bond acceptors (Lipinski definition) is 4. The first kappa shape index (κ1) is 23.1. The summed E-state index contributed by atoms with van der Waals surface area (Å²) in [5.74, 6) is 0.486. The zero-order valence-corrected chi connectivity index (χ0v) is 18.5. The standard InChI is InChI=1S/C20H31N3O3S.ClH/c1-14-9-15(2)13-23(12-14)27(25,26)19-6-4-5-17(11-19)20(24)22-18-7-8-21-16(3)10-18;/h4-6,11,14-16,18,21H,7-10,12-13H2,1-3H3,(H,22,24);1H. The fourth-order valence-corrected chi connectivity index (χ4v) is 6.01. The minimum absolute atomic E-state index is 0. The van der Waals surface area contributed by atoms with Gasteiger partial charge < -0.3 is 10.6 Å². The van der Waals surface area contributed by atoms with E-state index in [1.807, 2.05) is 0 Å². The molecule has 0 aromatic heterocycles. The van der Waals surface area contributed by atoms with Gasteiger partial charge >= 0.3 is 0 Å². The van der Waals surface area contributed by atoms with Crippen LogP contribution >= 0.6 is 12.4 Å². The lowest BCUT2D eigenvalue weighted by Crippen LogP contribution is -2.46. The number of hydrogen-bond donors (Lipinski definition) is 2. The van der Waals surface area contributed by atoms with Crippen molar-refractivity contribution in [3.05, 3.63) is 29.8 Å². The lowest BCUT2D eigenvalue weighted by Gasteiger charge is -2.34. The maximum Gasteiger partial charge on any atom is 0.251 e. The molecule has 0 bridgehead atoms. The highest BCUT2D eigenvalue weighted by Gasteiger charge is 2.32. The number of halogens is 1. The van der Waals surface area contributed by atoms with Crippen molar-refractivity contribution in [1.82, 2.24) is 14.9 Å². The third kappa shape index (κ3) is 5.47. The maximum absolute atomic E-state index is 13.1. The van der Waals surface area contributed by atoms with Crippen LogP contribution in [0.1, 0.15) is 50.4 Å². The Morgan fingerprint density at radius 1 is 1.14 bits per heavy atom. The van der Waals surface area contributed by atoms with E-state index in [9.17, 15) is 13.2 Å². The molecule has 2 N–H and O–H groups in total. The first-order valence-electron chi connectivity index (χ1n) is 9.90. The van der Waals surface area contributed by atoms with Gasteiger partial charge in [0, 0.05) is 30.7 Å². The number of carbonyl (C=O) groups excluding carboxylic acids is 1. The van der Waals surface area contributed by atoms with E-state index < -0.39 is 10.0 Å². The summed E-state index contributed by atoms with van der Waals surface area (Å²) in [5.41, 5.74) is 0.403. The van der Waals surface area contributed by atoms with Crippen LogP contribution in [0.25, 0.3) is 0 Å². The smallest absolute Gasteiger partial charge is 0.251 e. The Morgan fingerprint density at radius 3 is 2.46 bits per heavy atom. The van der Waals surface area contributed by atoms with E-state index in [0.717, 1.165) is 25.8 Å². The molecule has 0 spiro atoms. The monoisotopic (exact) mass is 429 g/mol. The molecule has 2 heterocycles. The number of sulfonamides is 1. The number of nitrogens with zero attached hydrogens (tertiary/aromatic N) is 1. The number of benzene rings is 1. The molecule has 4 unspecified atom stereocenters. The SMILES string of the molecule is CC1CC(C)CN(S(=O)(=O)c2cccc(C(=O)NC3CCNC(C)C3)c2)C1.Cl. The molecule has 1 aromatic rings. The van der Waals surface area contributed by atoms with Crippen LogP contribution in [-0.2, 0) is 10.0 Å². The van der Waals surface area contributed by atoms with Crippen molar-refractivity contribution in [3.8, 4) is 0 Å². The number of amides is 1. The fourth-order valence-electron chi connectivity index (χ4n) is 4.28. The molecule has 2 aliphatic heterocycles. The first-order valence-corrected chi connectivity index (χ1v) is 11.3. The number of carbonyl (C=O) groups is 1. The lowest BCUT2D eigenvalue weighted by atomic mass is 9.94. The van der Waals surface area contributed by atoms with Crippen molar-refractivity contribution in [2.45, 2.75) is 57.0 Å². The van der Waals surface area contributed by atoms with Gasteiger partial charge in [0.1, 0.15) is 0 Å². The van der Waals surface area contributed by atoms with Gasteiger partial charge in [-0.1, -0.05) is 19.9 Å². The van der Waals surface area contributed by atoms with Crippen LogP contribution in [0, 0.1) is 11.8 Å². The molecule has 1 amide bonds. The van der Waals surface area contributed by atoms with Crippen molar-refractivity contribution in [1.29, 1.82) is 0 Å². The molecule has 3 rings (SSSR count). The minimum Gasteiger partial charge on any atom is -0.349 e. The molecule has 2 saturated heterocycles. The van der Waals surface area contributed by atoms with Gasteiger partial charge in [-0.3, -0.25) is 4.79 Å². The summed E-state index contributed by atoms with van der Waals surface area (Å²) in [5, 5.41) is 6.41. The Kier molecular flexibility index (Phi) is 7.90. The molecule has 4 atom stereocenters. The highest BCUT2D eigenvalue weighted by molar-refractivity contribution is 7.89. The van der Waals surface area contributed by atoms with Gasteiger partial charge in [-0.2, -0.15) is 4.31 Å². The molecule has 1 aromatic carbocycles. The van der Waals surface area contributed by atoms with Gasteiger partial charge in [0.25, 0.3) is 5.91 Å². The zero-order chi connectivity index (χ0) is 19.6. The largest absolute Gasteiger partial charge is 0.349 e. The summed E-state index contributed by atoms with van der Waals surface area (Å²) >= 11 is 0. The summed E-state index contributed by atoms with van der Waals surface area (Å²) in [6.45, 7) is 8.23. The Labute approximate surface area is 174 Å². The third-order valence-corrected chi connectivity index (χ3v) is 7.36. The van der Waals surface area contributed by atoms with E-state index in [4.69, 9.17) is 0 Å². The van der Waals surface area contributed by atoms with Gasteiger partial charge in [0.05, 0.1) is 4.90 Å². The molecule has 0 radical (unpaired) electrons. The summed E-state index contributed by atoms with van der Waals surface area (Å²) in [4.78, 5) is 12.8. The average molecular weight is 430 g/mol. The molecule has 2 fully saturated rings. The molecular formula is C20H32ClN3O3S. The summed E-state index contributed by atoms with van der Waals surface area (Å²) < 4.78 is 27.7. The normalized spacial score (nSPS) is 29.0. The van der Waals surface area contributed by atoms with Crippen LogP contribution in [0.15, 0.2) is 29.2 Å². The first-order chi connectivity index (χ1) is 12.8. The topological polar surface area (TPSA) is 78.5 Å². The molecule has 158 valence electrons. The van der Waals surface area contributed by atoms with Crippen molar-refractivity contribution in [2.24, 2.45) is 11.8 Å². The second-order valence-corrected chi connectivity index (χ2v) is 10.3. The lowest BCUT2D eigenvalue weighted by molar-refractivity contribution is 0.0925. The van der Waals surface area contributed by atoms with Gasteiger partial charge in [-0.05, 0) is 62.8 Å². The highest BCUT2D eigenvalue weighted by atomic mass is 35.5. The van der Waals surface area contributed by atoms with E-state index in [0.29, 0.717) is 36.5 Å². The fraction of sp³-hybridized carbons (Fsp3) is 0.650. The van der Waals surface area contributed by atoms with E-state index in [2.05, 4.69) is 31.4 Å². The van der Waals surface area contributed by atoms with E-state index >= 15 is 0 Å². The van der Waals surface area contributed by atoms with Crippen molar-refractivity contribution < 1.29 is 13.2 Å². The maximum atomic E-state index is 13.1. The molecule has 0 saturated carbocycles. The Bertz CT molecular complexity index is 777. The van der Waals surface area contributed by atoms with Gasteiger partial charge in [-0.15, -0.1) is 12.4 Å². The zero-order valence-electron chi connectivity index (χ0n) is 16.8. The Balaban J connectivity index is 0.00000280. The Hall–Kier alpha value is -1.15. The summed E-state index contributed by atoms with van der Waals surface area (Å²) in [6.07, 6.45) is 2.81. The molecule has 2 aliphatic rings. The average Bonchev–Trinajstić information content (AvgIpc) is 2.61. The van der Waals surface area contributed by atoms with Crippen LogP contribution in [0.5, 0.6) is 0 Å². The Morgan fingerprint density at radius 2 is 1.82 bits per heavy atom. The molecule has 0 aliphatic carbocycles. The van der Waals surface area contributed by atoms with Gasteiger partial charge in [-0.25, -0.2) is 8.42 Å². The van der Waals surface area contributed by atoms with E-state index in [1.54, 1.807) is 22.5 Å². The van der Waals surface area contributed by atoms with Crippen molar-refractivity contribution in [3.63, 3.8) is 0 Å². The number of nitrogens with one attached hydrogen (secondary N) is 2. The predicted molar refractivity (Wildman–Crippen MR) is 113 cm³/mol. The third-order valence-electron chi connectivity index (χ3n) is 5.53. The van der Waals surface area contributed by atoms with Crippen molar-refractivity contribution >= 4 is 28.3 Å². The second-order valence-electron chi connectivity index (χ2n) is 8.35. The molecule has 28 heavy (non-hydrogen) atoms. The van der Waals surface area contributed by atoms with Crippen LogP contribution in [0.4, 0.5) is 0 Å². The highest BCUT2D eigenvalue weighted by Crippen LogP contribution is 2.27.